The van der Waals surface area contributed by atoms with E-state index in [0.29, 0.717) is 24.3 Å². The molecule has 2 unspecified atom stereocenters. The molecule has 4 rings (SSSR count). The van der Waals surface area contributed by atoms with E-state index in [1.165, 1.54) is 0 Å². The molecular weight excluding hydrogens is 560 g/mol. The quantitative estimate of drug-likeness (QED) is 0.354. The summed E-state index contributed by atoms with van der Waals surface area (Å²) in [5, 5.41) is 10.9. The fraction of sp³-hybridized carbons (Fsp3) is 0.250. The van der Waals surface area contributed by atoms with Crippen molar-refractivity contribution in [1.82, 2.24) is 10.6 Å². The summed E-state index contributed by atoms with van der Waals surface area (Å²) >= 11 is 7.13. The van der Waals surface area contributed by atoms with Crippen molar-refractivity contribution in [2.24, 2.45) is 0 Å². The normalized spacial score (nSPS) is 18.2. The zero-order valence-electron chi connectivity index (χ0n) is 19.5. The highest BCUT2D eigenvalue weighted by Crippen LogP contribution is 2.25. The highest BCUT2D eigenvalue weighted by atomic mass is 35.5. The van der Waals surface area contributed by atoms with Crippen molar-refractivity contribution in [3.8, 4) is 11.5 Å². The number of rotatable bonds is 10. The second-order valence-corrected chi connectivity index (χ2v) is 10.6. The minimum atomic E-state index is -1.04. The molecular formula is C24H21ClN2O9S2. The Morgan fingerprint density at radius 2 is 1.13 bits per heavy atom. The highest BCUT2D eigenvalue weighted by Gasteiger charge is 2.32. The number of carbonyl (C=O) groups is 6. The van der Waals surface area contributed by atoms with Gasteiger partial charge in [0.25, 0.3) is 15.7 Å². The summed E-state index contributed by atoms with van der Waals surface area (Å²) in [7, 11) is 0. The van der Waals surface area contributed by atoms with Crippen LogP contribution in [0.1, 0.15) is 11.1 Å². The average molecular weight is 581 g/mol. The molecule has 0 aliphatic carbocycles. The molecule has 0 saturated carbocycles. The van der Waals surface area contributed by atoms with E-state index in [1.807, 2.05) is 0 Å². The zero-order chi connectivity index (χ0) is 27.7. The van der Waals surface area contributed by atoms with Crippen LogP contribution >= 0.6 is 35.1 Å². The van der Waals surface area contributed by atoms with Crippen molar-refractivity contribution in [3.63, 3.8) is 0 Å². The van der Waals surface area contributed by atoms with Gasteiger partial charge in [0.2, 0.25) is 11.8 Å². The number of carboxylic acid groups (broad SMARTS) is 1. The lowest BCUT2D eigenvalue weighted by atomic mass is 10.1. The van der Waals surface area contributed by atoms with Crippen LogP contribution in [0.25, 0.3) is 0 Å². The van der Waals surface area contributed by atoms with Crippen LogP contribution in [0.5, 0.6) is 11.5 Å². The van der Waals surface area contributed by atoms with E-state index in [9.17, 15) is 28.8 Å². The molecule has 0 aromatic heterocycles. The summed E-state index contributed by atoms with van der Waals surface area (Å²) in [5.74, 6) is -0.603. The first-order valence-corrected chi connectivity index (χ1v) is 13.1. The van der Waals surface area contributed by atoms with Gasteiger partial charge in [-0.25, -0.2) is 4.79 Å². The van der Waals surface area contributed by atoms with Crippen molar-refractivity contribution in [3.05, 3.63) is 59.7 Å². The molecule has 2 saturated heterocycles. The molecule has 0 bridgehead atoms. The molecule has 3 N–H and O–H groups in total. The number of thioether (sulfide) groups is 2. The molecule has 2 aliphatic heterocycles. The second kappa shape index (κ2) is 13.8. The van der Waals surface area contributed by atoms with Crippen LogP contribution in [0.15, 0.2) is 48.5 Å². The molecule has 2 atom stereocenters. The molecule has 0 spiro atoms. The number of carboxylic acids is 1. The Morgan fingerprint density at radius 3 is 1.45 bits per heavy atom. The van der Waals surface area contributed by atoms with E-state index >= 15 is 0 Å². The van der Waals surface area contributed by atoms with E-state index in [2.05, 4.69) is 10.6 Å². The van der Waals surface area contributed by atoms with Gasteiger partial charge in [-0.1, -0.05) is 47.8 Å². The lowest BCUT2D eigenvalue weighted by Gasteiger charge is -2.07. The van der Waals surface area contributed by atoms with Gasteiger partial charge in [-0.2, -0.15) is 0 Å². The summed E-state index contributed by atoms with van der Waals surface area (Å²) in [5.41, 5.74) is 1.79. The van der Waals surface area contributed by atoms with Gasteiger partial charge in [-0.3, -0.25) is 34.6 Å². The molecule has 2 aromatic rings. The Kier molecular flexibility index (Phi) is 10.6. The minimum absolute atomic E-state index is 0.184. The number of carbonyl (C=O) groups excluding carboxylic acids is 5. The molecule has 2 heterocycles. The number of ether oxygens (including phenoxy) is 2. The number of hydrogen-bond acceptors (Lipinski definition) is 10. The number of aliphatic carboxylic acids is 1. The van der Waals surface area contributed by atoms with Crippen molar-refractivity contribution >= 4 is 68.6 Å². The molecule has 200 valence electrons. The van der Waals surface area contributed by atoms with E-state index in [0.717, 1.165) is 34.7 Å². The SMILES string of the molecule is O=C(Cl)COc1ccc(CC2SC(=O)NC2=O)cc1.O=C(O)COc1ccc(CC2SC(=O)NC2=O)cc1. The maximum atomic E-state index is 11.4. The van der Waals surface area contributed by atoms with Gasteiger partial charge in [0.15, 0.2) is 13.2 Å². The lowest BCUT2D eigenvalue weighted by Crippen LogP contribution is -2.25. The van der Waals surface area contributed by atoms with Gasteiger partial charge in [0, 0.05) is 0 Å². The maximum Gasteiger partial charge on any atom is 0.341 e. The van der Waals surface area contributed by atoms with E-state index in [1.54, 1.807) is 48.5 Å². The number of hydrogen-bond donors (Lipinski definition) is 3. The number of amides is 4. The monoisotopic (exact) mass is 580 g/mol. The summed E-state index contributed by atoms with van der Waals surface area (Å²) in [6.45, 7) is -0.578. The summed E-state index contributed by atoms with van der Waals surface area (Å²) in [4.78, 5) is 65.7. The fourth-order valence-electron chi connectivity index (χ4n) is 3.21. The molecule has 14 heteroatoms. The van der Waals surface area contributed by atoms with Crippen LogP contribution in [-0.4, -0.2) is 62.3 Å². The summed E-state index contributed by atoms with van der Waals surface area (Å²) < 4.78 is 10.1. The average Bonchev–Trinajstić information content (AvgIpc) is 3.36. The standard InChI is InChI=1S/C12H10ClNO4S.C12H11NO5S/c13-10(15)6-18-8-3-1-7(2-4-8)5-9-11(16)14-12(17)19-9;14-10(15)6-18-8-3-1-7(2-4-8)5-9-11(16)13-12(17)19-9/h1-4,9H,5-6H2,(H,14,16,17);1-4,9H,5-6H2,(H,14,15)(H,13,16,17). The largest absolute Gasteiger partial charge is 0.484 e. The molecule has 38 heavy (non-hydrogen) atoms. The van der Waals surface area contributed by atoms with Crippen LogP contribution < -0.4 is 20.1 Å². The van der Waals surface area contributed by atoms with Crippen LogP contribution in [-0.2, 0) is 32.0 Å². The van der Waals surface area contributed by atoms with E-state index < -0.39 is 23.1 Å². The van der Waals surface area contributed by atoms with Gasteiger partial charge in [0.05, 0.1) is 10.5 Å². The smallest absolute Gasteiger partial charge is 0.341 e. The van der Waals surface area contributed by atoms with E-state index in [4.69, 9.17) is 26.2 Å². The molecule has 2 aliphatic rings. The Morgan fingerprint density at radius 1 is 0.737 bits per heavy atom. The molecule has 4 amide bonds. The van der Waals surface area contributed by atoms with Crippen LogP contribution in [0.2, 0.25) is 0 Å². The Balaban J connectivity index is 0.000000211. The predicted octanol–water partition coefficient (Wildman–Crippen LogP) is 2.77. The van der Waals surface area contributed by atoms with Crippen LogP contribution in [0.3, 0.4) is 0 Å². The topological polar surface area (TPSA) is 165 Å². The van der Waals surface area contributed by atoms with Gasteiger partial charge >= 0.3 is 5.97 Å². The highest BCUT2D eigenvalue weighted by molar-refractivity contribution is 8.15. The van der Waals surface area contributed by atoms with Crippen molar-refractivity contribution in [2.45, 2.75) is 23.3 Å². The van der Waals surface area contributed by atoms with E-state index in [-0.39, 0.29) is 34.1 Å². The molecule has 2 aromatic carbocycles. The zero-order valence-corrected chi connectivity index (χ0v) is 21.9. The lowest BCUT2D eigenvalue weighted by molar-refractivity contribution is -0.139. The summed E-state index contributed by atoms with van der Waals surface area (Å²) in [6, 6.07) is 13.7. The number of benzene rings is 2. The predicted molar refractivity (Wildman–Crippen MR) is 140 cm³/mol. The Bertz CT molecular complexity index is 1130. The molecule has 0 radical (unpaired) electrons. The third kappa shape index (κ3) is 9.39. The molecule has 2 fully saturated rings. The van der Waals surface area contributed by atoms with Crippen LogP contribution in [0.4, 0.5) is 9.59 Å². The third-order valence-electron chi connectivity index (χ3n) is 4.94. The first kappa shape index (κ1) is 29.0. The first-order chi connectivity index (χ1) is 18.1. The Labute approximate surface area is 230 Å². The number of halogens is 1. The van der Waals surface area contributed by atoms with Gasteiger partial charge in [-0.05, 0) is 59.8 Å². The maximum absolute atomic E-state index is 11.4. The summed E-state index contributed by atoms with van der Waals surface area (Å²) in [6.07, 6.45) is 0.915. The van der Waals surface area contributed by atoms with Crippen molar-refractivity contribution in [1.29, 1.82) is 0 Å². The van der Waals surface area contributed by atoms with Crippen LogP contribution in [0, 0.1) is 0 Å². The van der Waals surface area contributed by atoms with Gasteiger partial charge < -0.3 is 14.6 Å². The second-order valence-electron chi connectivity index (χ2n) is 7.79. The first-order valence-electron chi connectivity index (χ1n) is 11.0. The van der Waals surface area contributed by atoms with Gasteiger partial charge in [-0.15, -0.1) is 0 Å². The third-order valence-corrected chi connectivity index (χ3v) is 7.01. The fourth-order valence-corrected chi connectivity index (χ4v) is 4.99. The number of imide groups is 2. The minimum Gasteiger partial charge on any atom is -0.484 e. The van der Waals surface area contributed by atoms with Crippen molar-refractivity contribution < 1.29 is 43.3 Å². The van der Waals surface area contributed by atoms with Gasteiger partial charge in [0.1, 0.15) is 11.5 Å². The van der Waals surface area contributed by atoms with Crippen molar-refractivity contribution in [2.75, 3.05) is 13.2 Å². The Hall–Kier alpha value is -3.55. The number of nitrogens with one attached hydrogen (secondary N) is 2. The molecule has 11 nitrogen and oxygen atoms in total.